The molecule has 0 fully saturated rings. The van der Waals surface area contributed by atoms with Gasteiger partial charge in [-0.15, -0.1) is 0 Å². The van der Waals surface area contributed by atoms with Gasteiger partial charge in [0.15, 0.2) is 0 Å². The van der Waals surface area contributed by atoms with Gasteiger partial charge in [-0.3, -0.25) is 9.59 Å². The molecule has 0 saturated heterocycles. The summed E-state index contributed by atoms with van der Waals surface area (Å²) in [6.45, 7) is 0.207. The van der Waals surface area contributed by atoms with E-state index in [4.69, 9.17) is 4.42 Å². The van der Waals surface area contributed by atoms with Crippen molar-refractivity contribution in [3.8, 4) is 0 Å². The second kappa shape index (κ2) is 4.48. The molecule has 0 atom stereocenters. The fourth-order valence-electron chi connectivity index (χ4n) is 1.25. The van der Waals surface area contributed by atoms with Gasteiger partial charge in [-0.1, -0.05) is 0 Å². The predicted octanol–water partition coefficient (Wildman–Crippen LogP) is 1.11. The molecule has 0 aliphatic carbocycles. The van der Waals surface area contributed by atoms with Gasteiger partial charge in [0.05, 0.1) is 18.5 Å². The van der Waals surface area contributed by atoms with Crippen LogP contribution in [0.15, 0.2) is 41.1 Å². The molecule has 0 radical (unpaired) electrons. The van der Waals surface area contributed by atoms with Crippen LogP contribution in [-0.4, -0.2) is 16.7 Å². The van der Waals surface area contributed by atoms with Gasteiger partial charge in [0.25, 0.3) is 11.7 Å². The lowest BCUT2D eigenvalue weighted by Crippen LogP contribution is -2.30. The van der Waals surface area contributed by atoms with Crippen LogP contribution in [-0.2, 0) is 11.3 Å². The summed E-state index contributed by atoms with van der Waals surface area (Å²) in [7, 11) is 0. The Kier molecular flexibility index (Phi) is 2.86. The highest BCUT2D eigenvalue weighted by molar-refractivity contribution is 6.42. The molecular weight excluding hydrogens is 208 g/mol. The zero-order chi connectivity index (χ0) is 11.4. The molecule has 0 unspecified atom stereocenters. The molecule has 82 valence electrons. The number of carbonyl (C=O) groups excluding carboxylic acids is 2. The van der Waals surface area contributed by atoms with E-state index in [1.54, 1.807) is 30.5 Å². The first-order valence-corrected chi connectivity index (χ1v) is 4.75. The Bertz CT molecular complexity index is 471. The van der Waals surface area contributed by atoms with E-state index in [0.717, 1.165) is 0 Å². The first-order chi connectivity index (χ1) is 7.77. The van der Waals surface area contributed by atoms with Crippen molar-refractivity contribution >= 4 is 11.7 Å². The number of hydrogen-bond acceptors (Lipinski definition) is 3. The number of nitrogens with one attached hydrogen (secondary N) is 2. The lowest BCUT2D eigenvalue weighted by atomic mass is 10.2. The molecule has 16 heavy (non-hydrogen) atoms. The minimum absolute atomic E-state index is 0.207. The van der Waals surface area contributed by atoms with Crippen LogP contribution in [0.25, 0.3) is 0 Å². The molecule has 5 nitrogen and oxygen atoms in total. The van der Waals surface area contributed by atoms with Gasteiger partial charge in [-0.05, 0) is 24.3 Å². The van der Waals surface area contributed by atoms with Crippen LogP contribution in [0.4, 0.5) is 0 Å². The molecule has 0 aliphatic heterocycles. The molecule has 2 N–H and O–H groups in total. The molecule has 0 saturated carbocycles. The molecule has 0 aliphatic rings. The summed E-state index contributed by atoms with van der Waals surface area (Å²) in [5.74, 6) is -0.636. The number of hydrogen-bond donors (Lipinski definition) is 2. The van der Waals surface area contributed by atoms with Crippen molar-refractivity contribution in [3.63, 3.8) is 0 Å². The number of furan rings is 1. The Labute approximate surface area is 91.5 Å². The summed E-state index contributed by atoms with van der Waals surface area (Å²) in [6.07, 6.45) is 3.10. The number of aromatic amines is 1. The molecule has 1 amide bonds. The van der Waals surface area contributed by atoms with Crippen LogP contribution in [0.3, 0.4) is 0 Å². The zero-order valence-electron chi connectivity index (χ0n) is 8.40. The number of carbonyl (C=O) groups is 2. The number of rotatable bonds is 4. The van der Waals surface area contributed by atoms with Crippen LogP contribution >= 0.6 is 0 Å². The second-order valence-corrected chi connectivity index (χ2v) is 3.17. The quantitative estimate of drug-likeness (QED) is 0.596. The van der Waals surface area contributed by atoms with Crippen LogP contribution in [0.2, 0.25) is 0 Å². The van der Waals surface area contributed by atoms with Crippen molar-refractivity contribution < 1.29 is 14.0 Å². The van der Waals surface area contributed by atoms with E-state index in [-0.39, 0.29) is 12.2 Å². The molecule has 2 aromatic heterocycles. The van der Waals surface area contributed by atoms with E-state index in [1.165, 1.54) is 6.26 Å². The van der Waals surface area contributed by atoms with Crippen molar-refractivity contribution in [1.82, 2.24) is 10.3 Å². The van der Waals surface area contributed by atoms with E-state index in [1.807, 2.05) is 0 Å². The third kappa shape index (κ3) is 2.20. The molecule has 0 bridgehead atoms. The average Bonchev–Trinajstić information content (AvgIpc) is 2.96. The molecule has 0 aromatic carbocycles. The summed E-state index contributed by atoms with van der Waals surface area (Å²) in [5.41, 5.74) is 0.275. The van der Waals surface area contributed by atoms with Crippen LogP contribution < -0.4 is 5.32 Å². The third-order valence-electron chi connectivity index (χ3n) is 2.05. The maximum absolute atomic E-state index is 11.5. The number of H-pyrrole nitrogens is 1. The topological polar surface area (TPSA) is 75.1 Å². The molecule has 2 aromatic rings. The Balaban J connectivity index is 1.91. The Morgan fingerprint density at radius 3 is 2.81 bits per heavy atom. The summed E-state index contributed by atoms with van der Waals surface area (Å²) in [4.78, 5) is 25.6. The first-order valence-electron chi connectivity index (χ1n) is 4.75. The first kappa shape index (κ1) is 10.2. The lowest BCUT2D eigenvalue weighted by Gasteiger charge is -2.00. The van der Waals surface area contributed by atoms with Gasteiger partial charge in [0.1, 0.15) is 5.76 Å². The van der Waals surface area contributed by atoms with Gasteiger partial charge >= 0.3 is 0 Å². The third-order valence-corrected chi connectivity index (χ3v) is 2.05. The minimum Gasteiger partial charge on any atom is -0.467 e. The van der Waals surface area contributed by atoms with Crippen molar-refractivity contribution in [2.24, 2.45) is 0 Å². The fraction of sp³-hybridized carbons (Fsp3) is 0.0909. The predicted molar refractivity (Wildman–Crippen MR) is 55.7 cm³/mol. The number of aromatic nitrogens is 1. The summed E-state index contributed by atoms with van der Waals surface area (Å²) >= 11 is 0. The molecule has 2 heterocycles. The number of Topliss-reactive ketones (excluding diaryl/α,β-unsaturated/α-hetero) is 1. The molecule has 5 heteroatoms. The number of ketones is 1. The Hall–Kier alpha value is -2.30. The van der Waals surface area contributed by atoms with E-state index < -0.39 is 11.7 Å². The van der Waals surface area contributed by atoms with E-state index >= 15 is 0 Å². The highest BCUT2D eigenvalue weighted by Crippen LogP contribution is 2.00. The Morgan fingerprint density at radius 2 is 2.19 bits per heavy atom. The lowest BCUT2D eigenvalue weighted by molar-refractivity contribution is -0.117. The van der Waals surface area contributed by atoms with Gasteiger partial charge < -0.3 is 14.7 Å². The van der Waals surface area contributed by atoms with E-state index in [9.17, 15) is 9.59 Å². The van der Waals surface area contributed by atoms with Crippen LogP contribution in [0.5, 0.6) is 0 Å². The van der Waals surface area contributed by atoms with Crippen molar-refractivity contribution in [2.45, 2.75) is 6.54 Å². The largest absolute Gasteiger partial charge is 0.467 e. The fourth-order valence-corrected chi connectivity index (χ4v) is 1.25. The highest BCUT2D eigenvalue weighted by Gasteiger charge is 2.16. The standard InChI is InChI=1S/C11H10N2O3/c14-10(9-4-1-5-12-9)11(15)13-7-8-3-2-6-16-8/h1-6,12H,7H2,(H,13,15). The molecule has 0 spiro atoms. The van der Waals surface area contributed by atoms with Gasteiger partial charge in [0, 0.05) is 6.20 Å². The molecular formula is C11H10N2O3. The van der Waals surface area contributed by atoms with Gasteiger partial charge in [-0.25, -0.2) is 0 Å². The molecule has 2 rings (SSSR count). The summed E-state index contributed by atoms with van der Waals surface area (Å²) in [6, 6.07) is 6.65. The summed E-state index contributed by atoms with van der Waals surface area (Å²) in [5, 5.41) is 2.47. The van der Waals surface area contributed by atoms with Crippen molar-refractivity contribution in [1.29, 1.82) is 0 Å². The van der Waals surface area contributed by atoms with Gasteiger partial charge in [-0.2, -0.15) is 0 Å². The maximum Gasteiger partial charge on any atom is 0.294 e. The second-order valence-electron chi connectivity index (χ2n) is 3.17. The SMILES string of the molecule is O=C(NCc1ccco1)C(=O)c1ccc[nH]1. The minimum atomic E-state index is -0.654. The van der Waals surface area contributed by atoms with Crippen LogP contribution in [0, 0.1) is 0 Å². The monoisotopic (exact) mass is 218 g/mol. The average molecular weight is 218 g/mol. The van der Waals surface area contributed by atoms with Gasteiger partial charge in [0.2, 0.25) is 0 Å². The smallest absolute Gasteiger partial charge is 0.294 e. The maximum atomic E-state index is 11.5. The Morgan fingerprint density at radius 1 is 1.31 bits per heavy atom. The van der Waals surface area contributed by atoms with Crippen molar-refractivity contribution in [2.75, 3.05) is 0 Å². The van der Waals surface area contributed by atoms with Crippen molar-refractivity contribution in [3.05, 3.63) is 48.2 Å². The van der Waals surface area contributed by atoms with E-state index in [2.05, 4.69) is 10.3 Å². The zero-order valence-corrected chi connectivity index (χ0v) is 8.40. The van der Waals surface area contributed by atoms with E-state index in [0.29, 0.717) is 5.76 Å². The highest BCUT2D eigenvalue weighted by atomic mass is 16.3. The normalized spacial score (nSPS) is 10.0. The summed E-state index contributed by atoms with van der Waals surface area (Å²) < 4.78 is 5.02. The van der Waals surface area contributed by atoms with Crippen LogP contribution in [0.1, 0.15) is 16.2 Å². The number of amides is 1.